The Balaban J connectivity index is 1.79. The van der Waals surface area contributed by atoms with Crippen molar-refractivity contribution in [3.63, 3.8) is 0 Å². The first-order valence-corrected chi connectivity index (χ1v) is 6.55. The highest BCUT2D eigenvalue weighted by Crippen LogP contribution is 2.19. The summed E-state index contributed by atoms with van der Waals surface area (Å²) in [5, 5.41) is 2.31. The van der Waals surface area contributed by atoms with Crippen molar-refractivity contribution >= 4 is 35.2 Å². The van der Waals surface area contributed by atoms with E-state index in [0.717, 1.165) is 12.1 Å². The first kappa shape index (κ1) is 15.8. The summed E-state index contributed by atoms with van der Waals surface area (Å²) in [5.41, 5.74) is 0.304. The zero-order chi connectivity index (χ0) is 15.9. The third-order valence-corrected chi connectivity index (χ3v) is 2.77. The van der Waals surface area contributed by atoms with E-state index in [-0.39, 0.29) is 5.02 Å². The van der Waals surface area contributed by atoms with Crippen LogP contribution in [0.4, 0.5) is 10.1 Å². The highest BCUT2D eigenvalue weighted by molar-refractivity contribution is 6.31. The summed E-state index contributed by atoms with van der Waals surface area (Å²) >= 11 is 5.59. The summed E-state index contributed by atoms with van der Waals surface area (Å²) < 4.78 is 22.7. The summed E-state index contributed by atoms with van der Waals surface area (Å²) in [6.07, 6.45) is 4.02. The fourth-order valence-corrected chi connectivity index (χ4v) is 1.67. The number of carbonyl (C=O) groups excluding carboxylic acids is 2. The Morgan fingerprint density at radius 2 is 2.18 bits per heavy atom. The van der Waals surface area contributed by atoms with Crippen LogP contribution in [0.3, 0.4) is 0 Å². The zero-order valence-electron chi connectivity index (χ0n) is 11.2. The second-order valence-electron chi connectivity index (χ2n) is 4.13. The predicted molar refractivity (Wildman–Crippen MR) is 78.7 cm³/mol. The van der Waals surface area contributed by atoms with E-state index in [0.29, 0.717) is 11.4 Å². The van der Waals surface area contributed by atoms with Crippen molar-refractivity contribution in [2.45, 2.75) is 0 Å². The largest absolute Gasteiger partial charge is 0.465 e. The molecule has 22 heavy (non-hydrogen) atoms. The molecule has 7 heteroatoms. The Morgan fingerprint density at radius 1 is 1.36 bits per heavy atom. The molecule has 0 spiro atoms. The standard InChI is InChI=1S/C15H11ClFNO4/c16-12-8-10(3-5-13(12)17)18-14(19)9-22-15(20)6-4-11-2-1-7-21-11/h1-8H,9H2,(H,18,19). The molecule has 2 rings (SSSR count). The fourth-order valence-electron chi connectivity index (χ4n) is 1.49. The van der Waals surface area contributed by atoms with E-state index in [9.17, 15) is 14.0 Å². The van der Waals surface area contributed by atoms with Gasteiger partial charge in [0.15, 0.2) is 6.61 Å². The Labute approximate surface area is 130 Å². The van der Waals surface area contributed by atoms with Gasteiger partial charge < -0.3 is 14.5 Å². The minimum absolute atomic E-state index is 0.115. The summed E-state index contributed by atoms with van der Waals surface area (Å²) in [7, 11) is 0. The number of furan rings is 1. The molecular weight excluding hydrogens is 313 g/mol. The third-order valence-electron chi connectivity index (χ3n) is 2.48. The molecule has 0 saturated heterocycles. The molecule has 1 amide bonds. The van der Waals surface area contributed by atoms with Gasteiger partial charge in [-0.3, -0.25) is 4.79 Å². The third kappa shape index (κ3) is 4.75. The summed E-state index contributed by atoms with van der Waals surface area (Å²) in [4.78, 5) is 23.0. The maximum atomic E-state index is 13.0. The Morgan fingerprint density at radius 3 is 2.86 bits per heavy atom. The van der Waals surface area contributed by atoms with E-state index < -0.39 is 24.3 Å². The number of hydrogen-bond donors (Lipinski definition) is 1. The lowest BCUT2D eigenvalue weighted by Crippen LogP contribution is -2.20. The number of hydrogen-bond acceptors (Lipinski definition) is 4. The Bertz CT molecular complexity index is 698. The molecule has 0 unspecified atom stereocenters. The number of nitrogens with one attached hydrogen (secondary N) is 1. The van der Waals surface area contributed by atoms with Crippen molar-refractivity contribution < 1.29 is 23.1 Å². The quantitative estimate of drug-likeness (QED) is 0.677. The average molecular weight is 324 g/mol. The molecule has 5 nitrogen and oxygen atoms in total. The zero-order valence-corrected chi connectivity index (χ0v) is 12.0. The molecule has 0 radical (unpaired) electrons. The van der Waals surface area contributed by atoms with Gasteiger partial charge in [-0.25, -0.2) is 9.18 Å². The van der Waals surface area contributed by atoms with Crippen molar-refractivity contribution in [1.29, 1.82) is 0 Å². The van der Waals surface area contributed by atoms with Crippen molar-refractivity contribution in [3.8, 4) is 0 Å². The van der Waals surface area contributed by atoms with Crippen LogP contribution in [0.15, 0.2) is 47.1 Å². The van der Waals surface area contributed by atoms with Gasteiger partial charge in [0, 0.05) is 11.8 Å². The van der Waals surface area contributed by atoms with Gasteiger partial charge in [-0.1, -0.05) is 11.6 Å². The van der Waals surface area contributed by atoms with Crippen LogP contribution in [-0.2, 0) is 14.3 Å². The monoisotopic (exact) mass is 323 g/mol. The predicted octanol–water partition coefficient (Wildman–Crippen LogP) is 3.27. The van der Waals surface area contributed by atoms with E-state index in [1.165, 1.54) is 24.5 Å². The van der Waals surface area contributed by atoms with E-state index >= 15 is 0 Å². The second-order valence-corrected chi connectivity index (χ2v) is 4.54. The molecule has 0 aliphatic heterocycles. The lowest BCUT2D eigenvalue weighted by atomic mass is 10.3. The van der Waals surface area contributed by atoms with E-state index in [2.05, 4.69) is 5.32 Å². The van der Waals surface area contributed by atoms with Gasteiger partial charge in [0.25, 0.3) is 5.91 Å². The normalized spacial score (nSPS) is 10.6. The molecule has 1 aromatic carbocycles. The smallest absolute Gasteiger partial charge is 0.331 e. The molecule has 0 fully saturated rings. The number of halogens is 2. The van der Waals surface area contributed by atoms with E-state index in [1.54, 1.807) is 12.1 Å². The van der Waals surface area contributed by atoms with Crippen molar-refractivity contribution in [1.82, 2.24) is 0 Å². The van der Waals surface area contributed by atoms with Gasteiger partial charge >= 0.3 is 5.97 Å². The van der Waals surface area contributed by atoms with Gasteiger partial charge in [-0.05, 0) is 36.4 Å². The first-order valence-electron chi connectivity index (χ1n) is 6.18. The first-order chi connectivity index (χ1) is 10.5. The van der Waals surface area contributed by atoms with Gasteiger partial charge in [0.2, 0.25) is 0 Å². The molecule has 0 saturated carbocycles. The molecule has 1 N–H and O–H groups in total. The van der Waals surface area contributed by atoms with Gasteiger partial charge in [-0.15, -0.1) is 0 Å². The molecule has 0 aliphatic carbocycles. The maximum absolute atomic E-state index is 13.0. The van der Waals surface area contributed by atoms with Crippen LogP contribution in [0.2, 0.25) is 5.02 Å². The second kappa shape index (κ2) is 7.42. The van der Waals surface area contributed by atoms with Crippen LogP contribution in [0.1, 0.15) is 5.76 Å². The molecule has 2 aromatic rings. The summed E-state index contributed by atoms with van der Waals surface area (Å²) in [6.45, 7) is -0.476. The van der Waals surface area contributed by atoms with Crippen molar-refractivity contribution in [2.75, 3.05) is 11.9 Å². The van der Waals surface area contributed by atoms with Crippen LogP contribution in [0.5, 0.6) is 0 Å². The minimum Gasteiger partial charge on any atom is -0.465 e. The van der Waals surface area contributed by atoms with Crippen molar-refractivity contribution in [2.24, 2.45) is 0 Å². The number of ether oxygens (including phenoxy) is 1. The average Bonchev–Trinajstić information content (AvgIpc) is 3.00. The summed E-state index contributed by atoms with van der Waals surface area (Å²) in [6, 6.07) is 7.06. The van der Waals surface area contributed by atoms with Crippen molar-refractivity contribution in [3.05, 3.63) is 59.3 Å². The number of benzene rings is 1. The number of carbonyl (C=O) groups is 2. The molecule has 0 aliphatic rings. The van der Waals surface area contributed by atoms with Gasteiger partial charge in [0.1, 0.15) is 11.6 Å². The highest BCUT2D eigenvalue weighted by atomic mass is 35.5. The van der Waals surface area contributed by atoms with Crippen LogP contribution < -0.4 is 5.32 Å². The number of amides is 1. The fraction of sp³-hybridized carbons (Fsp3) is 0.0667. The maximum Gasteiger partial charge on any atom is 0.331 e. The lowest BCUT2D eigenvalue weighted by Gasteiger charge is -2.06. The SMILES string of the molecule is O=C(COC(=O)C=Cc1ccco1)Nc1ccc(F)c(Cl)c1. The van der Waals surface area contributed by atoms with E-state index in [1.807, 2.05) is 0 Å². The number of anilines is 1. The molecule has 1 heterocycles. The van der Waals surface area contributed by atoms with Gasteiger partial charge in [-0.2, -0.15) is 0 Å². The number of rotatable bonds is 5. The molecule has 1 aromatic heterocycles. The molecule has 0 atom stereocenters. The van der Waals surface area contributed by atoms with Crippen LogP contribution in [-0.4, -0.2) is 18.5 Å². The molecule has 114 valence electrons. The highest BCUT2D eigenvalue weighted by Gasteiger charge is 2.07. The molecule has 0 bridgehead atoms. The minimum atomic E-state index is -0.691. The lowest BCUT2D eigenvalue weighted by molar-refractivity contribution is -0.142. The Hall–Kier alpha value is -2.60. The van der Waals surface area contributed by atoms with Crippen LogP contribution in [0, 0.1) is 5.82 Å². The molecular formula is C15H11ClFNO4. The van der Waals surface area contributed by atoms with E-state index in [4.69, 9.17) is 20.8 Å². The van der Waals surface area contributed by atoms with Crippen LogP contribution in [0.25, 0.3) is 6.08 Å². The van der Waals surface area contributed by atoms with Crippen LogP contribution >= 0.6 is 11.6 Å². The summed E-state index contributed by atoms with van der Waals surface area (Å²) in [5.74, 6) is -1.36. The topological polar surface area (TPSA) is 68.5 Å². The Kier molecular flexibility index (Phi) is 5.32. The number of esters is 1. The van der Waals surface area contributed by atoms with Gasteiger partial charge in [0.05, 0.1) is 11.3 Å².